The van der Waals surface area contributed by atoms with Crippen molar-refractivity contribution in [3.05, 3.63) is 26.6 Å². The number of carbonyl (C=O) groups is 1. The molecule has 0 radical (unpaired) electrons. The van der Waals surface area contributed by atoms with E-state index in [1.165, 1.54) is 6.07 Å². The van der Waals surface area contributed by atoms with E-state index in [0.29, 0.717) is 9.26 Å². The van der Waals surface area contributed by atoms with Crippen LogP contribution in [-0.4, -0.2) is 17.6 Å². The molecule has 1 aromatic heterocycles. The summed E-state index contributed by atoms with van der Waals surface area (Å²) >= 11 is 1.95. The maximum Gasteiger partial charge on any atom is 0.311 e. The SMILES string of the molecule is CCOC(=O)Cc1nc(C(F)F)cc(I)c1C. The van der Waals surface area contributed by atoms with Crippen LogP contribution in [0.4, 0.5) is 8.78 Å². The van der Waals surface area contributed by atoms with Gasteiger partial charge in [-0.3, -0.25) is 9.78 Å². The summed E-state index contributed by atoms with van der Waals surface area (Å²) in [5, 5.41) is 0. The van der Waals surface area contributed by atoms with Crippen molar-refractivity contribution in [3.63, 3.8) is 0 Å². The predicted molar refractivity (Wildman–Crippen MR) is 67.0 cm³/mol. The number of esters is 1. The number of pyridine rings is 1. The van der Waals surface area contributed by atoms with Gasteiger partial charge in [0.1, 0.15) is 5.69 Å². The summed E-state index contributed by atoms with van der Waals surface area (Å²) in [4.78, 5) is 15.1. The Morgan fingerprint density at radius 3 is 2.76 bits per heavy atom. The van der Waals surface area contributed by atoms with E-state index in [9.17, 15) is 13.6 Å². The fourth-order valence-corrected chi connectivity index (χ4v) is 1.91. The molecule has 17 heavy (non-hydrogen) atoms. The summed E-state index contributed by atoms with van der Waals surface area (Å²) in [6.45, 7) is 3.71. The number of rotatable bonds is 4. The Kier molecular flexibility index (Phi) is 5.23. The second-order valence-electron chi connectivity index (χ2n) is 3.38. The van der Waals surface area contributed by atoms with E-state index in [2.05, 4.69) is 4.98 Å². The lowest BCUT2D eigenvalue weighted by atomic mass is 10.1. The van der Waals surface area contributed by atoms with Gasteiger partial charge in [-0.2, -0.15) is 0 Å². The number of ether oxygens (including phenoxy) is 1. The van der Waals surface area contributed by atoms with Crippen molar-refractivity contribution in [2.75, 3.05) is 6.61 Å². The van der Waals surface area contributed by atoms with Crippen LogP contribution in [0.3, 0.4) is 0 Å². The van der Waals surface area contributed by atoms with Gasteiger partial charge in [-0.1, -0.05) is 0 Å². The first-order valence-corrected chi connectivity index (χ1v) is 6.13. The standard InChI is InChI=1S/C11H12F2INO2/c1-3-17-10(16)5-8-6(2)7(14)4-9(15-8)11(12)13/h4,11H,3,5H2,1-2H3. The average molecular weight is 355 g/mol. The molecule has 0 fully saturated rings. The normalized spacial score (nSPS) is 10.7. The van der Waals surface area contributed by atoms with Crippen molar-refractivity contribution in [1.82, 2.24) is 4.98 Å². The van der Waals surface area contributed by atoms with Crippen LogP contribution < -0.4 is 0 Å². The number of carbonyl (C=O) groups excluding carboxylic acids is 1. The molecule has 0 saturated heterocycles. The van der Waals surface area contributed by atoms with Crippen LogP contribution in [0.5, 0.6) is 0 Å². The highest BCUT2D eigenvalue weighted by Crippen LogP contribution is 2.23. The third-order valence-electron chi connectivity index (χ3n) is 2.17. The van der Waals surface area contributed by atoms with Gasteiger partial charge < -0.3 is 4.74 Å². The van der Waals surface area contributed by atoms with Crippen LogP contribution in [0.2, 0.25) is 0 Å². The molecule has 0 aliphatic carbocycles. The first-order valence-electron chi connectivity index (χ1n) is 5.05. The van der Waals surface area contributed by atoms with Gasteiger partial charge in [0.25, 0.3) is 6.43 Å². The summed E-state index contributed by atoms with van der Waals surface area (Å²) in [7, 11) is 0. The minimum Gasteiger partial charge on any atom is -0.466 e. The smallest absolute Gasteiger partial charge is 0.311 e. The van der Waals surface area contributed by atoms with Gasteiger partial charge in [-0.15, -0.1) is 0 Å². The molecule has 0 saturated carbocycles. The van der Waals surface area contributed by atoms with Gasteiger partial charge >= 0.3 is 5.97 Å². The molecule has 0 atom stereocenters. The van der Waals surface area contributed by atoms with E-state index >= 15 is 0 Å². The molecule has 0 aliphatic rings. The van der Waals surface area contributed by atoms with E-state index in [4.69, 9.17) is 4.74 Å². The zero-order chi connectivity index (χ0) is 13.0. The van der Waals surface area contributed by atoms with Crippen LogP contribution in [0.15, 0.2) is 6.07 Å². The number of hydrogen-bond acceptors (Lipinski definition) is 3. The van der Waals surface area contributed by atoms with Crippen molar-refractivity contribution in [2.24, 2.45) is 0 Å². The number of alkyl halides is 2. The number of hydrogen-bond donors (Lipinski definition) is 0. The lowest BCUT2D eigenvalue weighted by Crippen LogP contribution is -2.12. The van der Waals surface area contributed by atoms with Gasteiger partial charge in [0.05, 0.1) is 18.7 Å². The Balaban J connectivity index is 3.01. The van der Waals surface area contributed by atoms with Crippen molar-refractivity contribution in [1.29, 1.82) is 0 Å². The third-order valence-corrected chi connectivity index (χ3v) is 3.29. The average Bonchev–Trinajstić information content (AvgIpc) is 2.24. The molecule has 0 N–H and O–H groups in total. The molecule has 94 valence electrons. The molecular formula is C11H12F2INO2. The lowest BCUT2D eigenvalue weighted by molar-refractivity contribution is -0.142. The van der Waals surface area contributed by atoms with Crippen molar-refractivity contribution < 1.29 is 18.3 Å². The van der Waals surface area contributed by atoms with Gasteiger partial charge in [-0.25, -0.2) is 8.78 Å². The Bertz CT molecular complexity index is 424. The van der Waals surface area contributed by atoms with Crippen LogP contribution in [-0.2, 0) is 16.0 Å². The van der Waals surface area contributed by atoms with Crippen molar-refractivity contribution in [3.8, 4) is 0 Å². The van der Waals surface area contributed by atoms with Gasteiger partial charge in [0, 0.05) is 3.57 Å². The molecular weight excluding hydrogens is 343 g/mol. The Morgan fingerprint density at radius 2 is 2.24 bits per heavy atom. The molecule has 0 aromatic carbocycles. The Labute approximate surface area is 112 Å². The second kappa shape index (κ2) is 6.23. The molecule has 0 amide bonds. The minimum atomic E-state index is -2.63. The third kappa shape index (κ3) is 3.86. The van der Waals surface area contributed by atoms with Gasteiger partial charge in [0.2, 0.25) is 0 Å². The molecule has 0 unspecified atom stereocenters. The van der Waals surface area contributed by atoms with E-state index in [1.54, 1.807) is 13.8 Å². The highest BCUT2D eigenvalue weighted by molar-refractivity contribution is 14.1. The summed E-state index contributed by atoms with van der Waals surface area (Å²) < 4.78 is 30.6. The number of aromatic nitrogens is 1. The Morgan fingerprint density at radius 1 is 1.59 bits per heavy atom. The maximum atomic E-state index is 12.6. The topological polar surface area (TPSA) is 39.2 Å². The lowest BCUT2D eigenvalue weighted by Gasteiger charge is -2.09. The van der Waals surface area contributed by atoms with Crippen LogP contribution in [0.1, 0.15) is 30.3 Å². The highest BCUT2D eigenvalue weighted by atomic mass is 127. The molecule has 1 aromatic rings. The van der Waals surface area contributed by atoms with Crippen molar-refractivity contribution in [2.45, 2.75) is 26.7 Å². The molecule has 0 spiro atoms. The van der Waals surface area contributed by atoms with Crippen molar-refractivity contribution >= 4 is 28.6 Å². The monoisotopic (exact) mass is 355 g/mol. The summed E-state index contributed by atoms with van der Waals surface area (Å²) in [5.74, 6) is -0.453. The highest BCUT2D eigenvalue weighted by Gasteiger charge is 2.16. The van der Waals surface area contributed by atoms with Crippen LogP contribution in [0.25, 0.3) is 0 Å². The zero-order valence-electron chi connectivity index (χ0n) is 9.47. The Hall–Kier alpha value is -0.790. The summed E-state index contributed by atoms with van der Waals surface area (Å²) in [6, 6.07) is 1.33. The minimum absolute atomic E-state index is 0.0732. The van der Waals surface area contributed by atoms with E-state index < -0.39 is 12.4 Å². The zero-order valence-corrected chi connectivity index (χ0v) is 11.6. The molecule has 0 aliphatic heterocycles. The van der Waals surface area contributed by atoms with E-state index in [1.807, 2.05) is 22.6 Å². The largest absolute Gasteiger partial charge is 0.466 e. The predicted octanol–water partition coefficient (Wildman–Crippen LogP) is 3.04. The molecule has 1 heterocycles. The number of nitrogens with zero attached hydrogens (tertiary/aromatic N) is 1. The second-order valence-corrected chi connectivity index (χ2v) is 4.55. The van der Waals surface area contributed by atoms with Crippen LogP contribution in [0, 0.1) is 10.5 Å². The molecule has 1 rings (SSSR count). The summed E-state index contributed by atoms with van der Waals surface area (Å²) in [5.41, 5.74) is 0.785. The van der Waals surface area contributed by atoms with E-state index in [-0.39, 0.29) is 18.7 Å². The van der Waals surface area contributed by atoms with Gasteiger partial charge in [-0.05, 0) is 48.1 Å². The fraction of sp³-hybridized carbons (Fsp3) is 0.455. The first-order chi connectivity index (χ1) is 7.95. The molecule has 3 nitrogen and oxygen atoms in total. The van der Waals surface area contributed by atoms with E-state index in [0.717, 1.165) is 5.56 Å². The number of halogens is 3. The molecule has 6 heteroatoms. The first kappa shape index (κ1) is 14.3. The summed E-state index contributed by atoms with van der Waals surface area (Å²) in [6.07, 6.45) is -2.71. The van der Waals surface area contributed by atoms with Gasteiger partial charge in [0.15, 0.2) is 0 Å². The fourth-order valence-electron chi connectivity index (χ4n) is 1.28. The molecule has 0 bridgehead atoms. The maximum absolute atomic E-state index is 12.6. The van der Waals surface area contributed by atoms with Crippen LogP contribution >= 0.6 is 22.6 Å². The quantitative estimate of drug-likeness (QED) is 0.616.